The fraction of sp³-hybridized carbons (Fsp3) is 0.545. The van der Waals surface area contributed by atoms with Crippen LogP contribution in [0.4, 0.5) is 0 Å². The minimum Gasteiger partial charge on any atom is -0.472 e. The summed E-state index contributed by atoms with van der Waals surface area (Å²) in [5, 5.41) is 8.81. The van der Waals surface area contributed by atoms with Crippen molar-refractivity contribution in [3.05, 3.63) is 24.2 Å². The predicted octanol–water partition coefficient (Wildman–Crippen LogP) is 0.0297. The zero-order valence-electron chi connectivity index (χ0n) is 9.13. The molecule has 0 spiro atoms. The first-order valence-electron chi connectivity index (χ1n) is 5.46. The lowest BCUT2D eigenvalue weighted by Crippen LogP contribution is -2.49. The molecular weight excluding hydrogens is 208 g/mol. The Morgan fingerprint density at radius 3 is 2.69 bits per heavy atom. The van der Waals surface area contributed by atoms with Crippen LogP contribution in [0.2, 0.25) is 0 Å². The summed E-state index contributed by atoms with van der Waals surface area (Å²) in [6.45, 7) is 3.94. The van der Waals surface area contributed by atoms with Crippen LogP contribution in [0.1, 0.15) is 10.4 Å². The van der Waals surface area contributed by atoms with Crippen LogP contribution in [0, 0.1) is 0 Å². The molecule has 1 fully saturated rings. The Balaban J connectivity index is 1.87. The van der Waals surface area contributed by atoms with E-state index in [4.69, 9.17) is 9.52 Å². The Labute approximate surface area is 94.2 Å². The molecule has 0 bridgehead atoms. The van der Waals surface area contributed by atoms with Gasteiger partial charge in [-0.3, -0.25) is 9.69 Å². The molecule has 1 aliphatic heterocycles. The number of carbonyl (C=O) groups excluding carboxylic acids is 1. The van der Waals surface area contributed by atoms with Crippen molar-refractivity contribution in [2.45, 2.75) is 0 Å². The van der Waals surface area contributed by atoms with Gasteiger partial charge in [0.25, 0.3) is 5.91 Å². The predicted molar refractivity (Wildman–Crippen MR) is 58.1 cm³/mol. The molecule has 1 saturated heterocycles. The van der Waals surface area contributed by atoms with Crippen LogP contribution in [-0.2, 0) is 0 Å². The van der Waals surface area contributed by atoms with Crippen molar-refractivity contribution in [2.24, 2.45) is 0 Å². The maximum absolute atomic E-state index is 11.9. The van der Waals surface area contributed by atoms with Crippen LogP contribution < -0.4 is 0 Å². The van der Waals surface area contributed by atoms with Gasteiger partial charge in [-0.2, -0.15) is 0 Å². The van der Waals surface area contributed by atoms with Crippen molar-refractivity contribution in [1.29, 1.82) is 0 Å². The van der Waals surface area contributed by atoms with E-state index in [0.717, 1.165) is 13.1 Å². The van der Waals surface area contributed by atoms with Gasteiger partial charge in [-0.15, -0.1) is 0 Å². The highest BCUT2D eigenvalue weighted by molar-refractivity contribution is 5.93. The van der Waals surface area contributed by atoms with Gasteiger partial charge in [0.05, 0.1) is 18.4 Å². The van der Waals surface area contributed by atoms with Crippen molar-refractivity contribution in [2.75, 3.05) is 39.3 Å². The van der Waals surface area contributed by atoms with Gasteiger partial charge in [-0.05, 0) is 6.07 Å². The minimum atomic E-state index is 0.0254. The lowest BCUT2D eigenvalue weighted by molar-refractivity contribution is 0.0614. The van der Waals surface area contributed by atoms with Crippen LogP contribution in [0.3, 0.4) is 0 Å². The summed E-state index contributed by atoms with van der Waals surface area (Å²) in [7, 11) is 0. The molecule has 16 heavy (non-hydrogen) atoms. The van der Waals surface area contributed by atoms with E-state index in [9.17, 15) is 4.79 Å². The Morgan fingerprint density at radius 1 is 1.38 bits per heavy atom. The van der Waals surface area contributed by atoms with E-state index < -0.39 is 0 Å². The normalized spacial score (nSPS) is 17.7. The molecular formula is C11H16N2O3. The van der Waals surface area contributed by atoms with Crippen molar-refractivity contribution in [1.82, 2.24) is 9.80 Å². The van der Waals surface area contributed by atoms with Gasteiger partial charge < -0.3 is 14.4 Å². The topological polar surface area (TPSA) is 56.9 Å². The molecule has 0 atom stereocenters. The molecule has 1 aromatic rings. The van der Waals surface area contributed by atoms with E-state index in [2.05, 4.69) is 4.90 Å². The number of amides is 1. The molecule has 88 valence electrons. The first-order chi connectivity index (χ1) is 7.81. The number of hydrogen-bond donors (Lipinski definition) is 1. The molecule has 2 heterocycles. The largest absolute Gasteiger partial charge is 0.472 e. The Morgan fingerprint density at radius 2 is 2.12 bits per heavy atom. The summed E-state index contributed by atoms with van der Waals surface area (Å²) in [5.74, 6) is 0.0254. The number of aliphatic hydroxyl groups is 1. The fourth-order valence-electron chi connectivity index (χ4n) is 1.88. The maximum atomic E-state index is 11.9. The van der Waals surface area contributed by atoms with Gasteiger partial charge in [0.1, 0.15) is 6.26 Å². The molecule has 5 nitrogen and oxygen atoms in total. The number of furan rings is 1. The average molecular weight is 224 g/mol. The van der Waals surface area contributed by atoms with Gasteiger partial charge >= 0.3 is 0 Å². The molecule has 1 aromatic heterocycles. The Hall–Kier alpha value is -1.33. The number of hydrogen-bond acceptors (Lipinski definition) is 4. The van der Waals surface area contributed by atoms with Crippen molar-refractivity contribution < 1.29 is 14.3 Å². The van der Waals surface area contributed by atoms with E-state index in [1.165, 1.54) is 12.5 Å². The highest BCUT2D eigenvalue weighted by Crippen LogP contribution is 2.08. The van der Waals surface area contributed by atoms with E-state index in [-0.39, 0.29) is 12.5 Å². The third-order valence-electron chi connectivity index (χ3n) is 2.84. The number of nitrogens with zero attached hydrogens (tertiary/aromatic N) is 2. The summed E-state index contributed by atoms with van der Waals surface area (Å²) in [6.07, 6.45) is 2.98. The van der Waals surface area contributed by atoms with Crippen LogP contribution in [0.5, 0.6) is 0 Å². The number of carbonyl (C=O) groups is 1. The lowest BCUT2D eigenvalue weighted by Gasteiger charge is -2.34. The smallest absolute Gasteiger partial charge is 0.257 e. The molecule has 5 heteroatoms. The molecule has 1 amide bonds. The SMILES string of the molecule is O=C(c1ccoc1)N1CCN(CCO)CC1. The summed E-state index contributed by atoms with van der Waals surface area (Å²) >= 11 is 0. The van der Waals surface area contributed by atoms with Crippen molar-refractivity contribution >= 4 is 5.91 Å². The number of β-amino-alcohol motifs (C(OH)–C–C–N with tert-alkyl or cyclic N) is 1. The van der Waals surface area contributed by atoms with E-state index >= 15 is 0 Å². The first-order valence-corrected chi connectivity index (χ1v) is 5.46. The molecule has 0 aromatic carbocycles. The second-order valence-corrected chi connectivity index (χ2v) is 3.87. The zero-order chi connectivity index (χ0) is 11.4. The minimum absolute atomic E-state index is 0.0254. The van der Waals surface area contributed by atoms with Crippen LogP contribution >= 0.6 is 0 Å². The van der Waals surface area contributed by atoms with E-state index in [1.54, 1.807) is 6.07 Å². The molecule has 0 unspecified atom stereocenters. The van der Waals surface area contributed by atoms with Crippen molar-refractivity contribution in [3.8, 4) is 0 Å². The van der Waals surface area contributed by atoms with Crippen LogP contribution in [0.15, 0.2) is 23.0 Å². The van der Waals surface area contributed by atoms with Gasteiger partial charge in [0.2, 0.25) is 0 Å². The monoisotopic (exact) mass is 224 g/mol. The van der Waals surface area contributed by atoms with Gasteiger partial charge in [-0.1, -0.05) is 0 Å². The molecule has 0 saturated carbocycles. The molecule has 1 aliphatic rings. The summed E-state index contributed by atoms with van der Waals surface area (Å²) < 4.78 is 4.90. The van der Waals surface area contributed by atoms with E-state index in [1.807, 2.05) is 4.90 Å². The summed E-state index contributed by atoms with van der Waals surface area (Å²) in [6, 6.07) is 1.68. The Bertz CT molecular complexity index is 329. The number of piperazine rings is 1. The molecule has 0 radical (unpaired) electrons. The quantitative estimate of drug-likeness (QED) is 0.787. The lowest BCUT2D eigenvalue weighted by atomic mass is 10.2. The number of rotatable bonds is 3. The van der Waals surface area contributed by atoms with Crippen LogP contribution in [0.25, 0.3) is 0 Å². The van der Waals surface area contributed by atoms with Crippen LogP contribution in [-0.4, -0.2) is 60.1 Å². The third kappa shape index (κ3) is 2.43. The Kier molecular flexibility index (Phi) is 3.58. The van der Waals surface area contributed by atoms with Gasteiger partial charge in [-0.25, -0.2) is 0 Å². The molecule has 0 aliphatic carbocycles. The summed E-state index contributed by atoms with van der Waals surface area (Å²) in [4.78, 5) is 15.9. The standard InChI is InChI=1S/C11H16N2O3/c14-7-6-12-2-4-13(5-3-12)11(15)10-1-8-16-9-10/h1,8-9,14H,2-7H2. The second-order valence-electron chi connectivity index (χ2n) is 3.87. The highest BCUT2D eigenvalue weighted by atomic mass is 16.3. The van der Waals surface area contributed by atoms with Gasteiger partial charge in [0, 0.05) is 32.7 Å². The zero-order valence-corrected chi connectivity index (χ0v) is 9.13. The van der Waals surface area contributed by atoms with Crippen molar-refractivity contribution in [3.63, 3.8) is 0 Å². The third-order valence-corrected chi connectivity index (χ3v) is 2.84. The molecule has 1 N–H and O–H groups in total. The average Bonchev–Trinajstić information content (AvgIpc) is 2.83. The maximum Gasteiger partial charge on any atom is 0.257 e. The first kappa shape index (κ1) is 11.2. The second kappa shape index (κ2) is 5.14. The number of aliphatic hydroxyl groups excluding tert-OH is 1. The molecule has 2 rings (SSSR count). The van der Waals surface area contributed by atoms with E-state index in [0.29, 0.717) is 25.2 Å². The van der Waals surface area contributed by atoms with Gasteiger partial charge in [0.15, 0.2) is 0 Å². The fourth-order valence-corrected chi connectivity index (χ4v) is 1.88. The summed E-state index contributed by atoms with van der Waals surface area (Å²) in [5.41, 5.74) is 0.607. The highest BCUT2D eigenvalue weighted by Gasteiger charge is 2.22.